The molecule has 0 aliphatic heterocycles. The van der Waals surface area contributed by atoms with E-state index in [4.69, 9.17) is 14.2 Å². The Morgan fingerprint density at radius 3 is 0.910 bits per heavy atom. The molecule has 0 fully saturated rings. The lowest BCUT2D eigenvalue weighted by atomic mass is 10.1. The van der Waals surface area contributed by atoms with E-state index >= 15 is 0 Å². The zero-order valence-electron chi connectivity index (χ0n) is 42.6. The van der Waals surface area contributed by atoms with Crippen LogP contribution in [0.15, 0.2) is 146 Å². The van der Waals surface area contributed by atoms with Crippen molar-refractivity contribution in [2.24, 2.45) is 0 Å². The molecule has 1 atom stereocenters. The molecule has 0 aromatic carbocycles. The summed E-state index contributed by atoms with van der Waals surface area (Å²) in [7, 11) is 0. The van der Waals surface area contributed by atoms with Crippen molar-refractivity contribution >= 4 is 17.9 Å². The molecule has 0 aromatic rings. The van der Waals surface area contributed by atoms with Crippen LogP contribution >= 0.6 is 0 Å². The van der Waals surface area contributed by atoms with Gasteiger partial charge in [-0.15, -0.1) is 0 Å². The minimum atomic E-state index is -0.836. The van der Waals surface area contributed by atoms with Gasteiger partial charge in [0, 0.05) is 19.3 Å². The van der Waals surface area contributed by atoms with E-state index in [0.29, 0.717) is 19.3 Å². The summed E-state index contributed by atoms with van der Waals surface area (Å²) in [6.45, 7) is 6.26. The summed E-state index contributed by atoms with van der Waals surface area (Å²) in [5.74, 6) is -1.05. The van der Waals surface area contributed by atoms with Crippen molar-refractivity contribution in [3.8, 4) is 0 Å². The van der Waals surface area contributed by atoms with Crippen LogP contribution in [0.2, 0.25) is 0 Å². The Kier molecular flexibility index (Phi) is 50.1. The molecule has 374 valence electrons. The Hall–Kier alpha value is -4.71. The number of unbranched alkanes of at least 4 members (excludes halogenated alkanes) is 10. The number of hydrogen-bond donors (Lipinski definition) is 0. The van der Waals surface area contributed by atoms with Gasteiger partial charge in [0.1, 0.15) is 13.2 Å². The fourth-order valence-corrected chi connectivity index (χ4v) is 6.40. The first-order valence-corrected chi connectivity index (χ1v) is 26.3. The highest BCUT2D eigenvalue weighted by Crippen LogP contribution is 2.10. The van der Waals surface area contributed by atoms with E-state index in [1.807, 2.05) is 0 Å². The molecule has 0 saturated heterocycles. The van der Waals surface area contributed by atoms with Crippen molar-refractivity contribution in [3.05, 3.63) is 146 Å². The van der Waals surface area contributed by atoms with Crippen LogP contribution in [0.3, 0.4) is 0 Å². The molecule has 0 unspecified atom stereocenters. The molecule has 0 aliphatic rings. The molecule has 0 saturated carbocycles. The van der Waals surface area contributed by atoms with Gasteiger partial charge in [-0.1, -0.05) is 186 Å². The number of allylic oxidation sites excluding steroid dienone is 24. The summed E-state index contributed by atoms with van der Waals surface area (Å²) in [6, 6.07) is 0. The van der Waals surface area contributed by atoms with E-state index in [-0.39, 0.29) is 44.0 Å². The van der Waals surface area contributed by atoms with Gasteiger partial charge in [0.05, 0.1) is 0 Å². The summed E-state index contributed by atoms with van der Waals surface area (Å²) >= 11 is 0. The minimum Gasteiger partial charge on any atom is -0.462 e. The zero-order valence-corrected chi connectivity index (χ0v) is 42.6. The highest BCUT2D eigenvalue weighted by molar-refractivity contribution is 5.71. The number of ether oxygens (including phenoxy) is 3. The normalized spacial score (nSPS) is 13.3. The predicted molar refractivity (Wildman–Crippen MR) is 288 cm³/mol. The first kappa shape index (κ1) is 62.3. The Balaban J connectivity index is 4.60. The van der Waals surface area contributed by atoms with Gasteiger partial charge in [-0.2, -0.15) is 0 Å². The molecular formula is C61H94O6. The van der Waals surface area contributed by atoms with Crippen LogP contribution in [0.5, 0.6) is 0 Å². The maximum Gasteiger partial charge on any atom is 0.306 e. The second-order valence-corrected chi connectivity index (χ2v) is 16.7. The molecule has 0 N–H and O–H groups in total. The zero-order chi connectivity index (χ0) is 48.6. The Morgan fingerprint density at radius 2 is 0.582 bits per heavy atom. The third kappa shape index (κ3) is 52.1. The fourth-order valence-electron chi connectivity index (χ4n) is 6.40. The lowest BCUT2D eigenvalue weighted by Crippen LogP contribution is -2.30. The van der Waals surface area contributed by atoms with Crippen LogP contribution in [0.1, 0.15) is 201 Å². The number of carbonyl (C=O) groups excluding carboxylic acids is 3. The average Bonchev–Trinajstić information content (AvgIpc) is 3.33. The molecule has 67 heavy (non-hydrogen) atoms. The topological polar surface area (TPSA) is 78.9 Å². The van der Waals surface area contributed by atoms with E-state index < -0.39 is 6.10 Å². The van der Waals surface area contributed by atoms with Crippen LogP contribution in [-0.4, -0.2) is 37.2 Å². The molecule has 0 aliphatic carbocycles. The van der Waals surface area contributed by atoms with Gasteiger partial charge >= 0.3 is 17.9 Å². The number of rotatable bonds is 45. The maximum atomic E-state index is 12.8. The lowest BCUT2D eigenvalue weighted by Gasteiger charge is -2.18. The summed E-state index contributed by atoms with van der Waals surface area (Å²) in [5.41, 5.74) is 0. The molecule has 0 radical (unpaired) electrons. The van der Waals surface area contributed by atoms with Gasteiger partial charge in [-0.25, -0.2) is 0 Å². The van der Waals surface area contributed by atoms with Crippen molar-refractivity contribution in [1.82, 2.24) is 0 Å². The Bertz CT molecular complexity index is 1530. The number of carbonyl (C=O) groups is 3. The first-order valence-electron chi connectivity index (χ1n) is 26.3. The smallest absolute Gasteiger partial charge is 0.306 e. The fraction of sp³-hybridized carbons (Fsp3) is 0.557. The quantitative estimate of drug-likeness (QED) is 0.0262. The van der Waals surface area contributed by atoms with Gasteiger partial charge in [0.2, 0.25) is 0 Å². The standard InChI is InChI=1S/C61H94O6/c1-4-7-10-13-16-19-22-25-28-29-30-31-34-36-39-42-45-48-51-54-60(63)66-57-58(67-61(64)55-52-49-46-43-40-37-33-27-24-21-18-15-12-9-6-3)56-65-59(62)53-50-47-44-41-38-35-32-26-23-20-17-14-11-8-5-2/h7,9-10,12,16-21,25-28,30-33,36,38-41,43,58H,4-6,8,11,13-15,22-24,29,34-35,37,42,44-57H2,1-3H3/b10-7-,12-9-,19-16-,20-17-,21-18-,28-25-,31-30-,32-26-,33-27-,39-36-,41-38-,43-40-/t58-/m0/s1. The van der Waals surface area contributed by atoms with Crippen LogP contribution in [0, 0.1) is 0 Å². The second-order valence-electron chi connectivity index (χ2n) is 16.7. The lowest BCUT2D eigenvalue weighted by molar-refractivity contribution is -0.167. The summed E-state index contributed by atoms with van der Waals surface area (Å²) < 4.78 is 16.7. The summed E-state index contributed by atoms with van der Waals surface area (Å²) in [5, 5.41) is 0. The van der Waals surface area contributed by atoms with E-state index in [1.54, 1.807) is 0 Å². The molecule has 0 rings (SSSR count). The predicted octanol–water partition coefficient (Wildman–Crippen LogP) is 17.6. The summed E-state index contributed by atoms with van der Waals surface area (Å²) in [4.78, 5) is 38.0. The van der Waals surface area contributed by atoms with Crippen LogP contribution in [0.4, 0.5) is 0 Å². The van der Waals surface area contributed by atoms with Gasteiger partial charge in [0.25, 0.3) is 0 Å². The molecular weight excluding hydrogens is 829 g/mol. The van der Waals surface area contributed by atoms with Gasteiger partial charge in [-0.3, -0.25) is 14.4 Å². The molecule has 0 amide bonds. The first-order chi connectivity index (χ1) is 33.0. The van der Waals surface area contributed by atoms with Crippen molar-refractivity contribution in [2.75, 3.05) is 13.2 Å². The number of esters is 3. The molecule has 6 heteroatoms. The highest BCUT2D eigenvalue weighted by atomic mass is 16.6. The molecule has 6 nitrogen and oxygen atoms in total. The van der Waals surface area contributed by atoms with Crippen molar-refractivity contribution < 1.29 is 28.6 Å². The highest BCUT2D eigenvalue weighted by Gasteiger charge is 2.19. The van der Waals surface area contributed by atoms with Gasteiger partial charge in [0.15, 0.2) is 6.10 Å². The third-order valence-electron chi connectivity index (χ3n) is 10.3. The average molecular weight is 923 g/mol. The maximum absolute atomic E-state index is 12.8. The molecule has 0 aromatic heterocycles. The van der Waals surface area contributed by atoms with Crippen molar-refractivity contribution in [1.29, 1.82) is 0 Å². The van der Waals surface area contributed by atoms with Gasteiger partial charge < -0.3 is 14.2 Å². The molecule has 0 spiro atoms. The molecule has 0 heterocycles. The molecule has 0 bridgehead atoms. The monoisotopic (exact) mass is 923 g/mol. The van der Waals surface area contributed by atoms with E-state index in [2.05, 4.69) is 167 Å². The third-order valence-corrected chi connectivity index (χ3v) is 10.3. The Morgan fingerprint density at radius 1 is 0.313 bits per heavy atom. The largest absolute Gasteiger partial charge is 0.462 e. The number of hydrogen-bond acceptors (Lipinski definition) is 6. The second kappa shape index (κ2) is 53.9. The van der Waals surface area contributed by atoms with Crippen molar-refractivity contribution in [2.45, 2.75) is 207 Å². The van der Waals surface area contributed by atoms with Crippen molar-refractivity contribution in [3.63, 3.8) is 0 Å². The minimum absolute atomic E-state index is 0.131. The van der Waals surface area contributed by atoms with E-state index in [9.17, 15) is 14.4 Å². The SMILES string of the molecule is CC/C=C\C/C=C\C/C=C\C/C=C\C/C=C\CCCCCC(=O)OC[C@H](COC(=O)CCCC/C=C\C/C=C\C/C=C\CCCCC)OC(=O)CCCC/C=C\C/C=C\C/C=C\C/C=C\CC. The van der Waals surface area contributed by atoms with Crippen LogP contribution < -0.4 is 0 Å². The van der Waals surface area contributed by atoms with Crippen LogP contribution in [-0.2, 0) is 28.6 Å². The van der Waals surface area contributed by atoms with E-state index in [0.717, 1.165) is 122 Å². The summed E-state index contributed by atoms with van der Waals surface area (Å²) in [6.07, 6.45) is 76.9. The van der Waals surface area contributed by atoms with Crippen LogP contribution in [0.25, 0.3) is 0 Å². The Labute approximate surface area is 410 Å². The van der Waals surface area contributed by atoms with E-state index in [1.165, 1.54) is 25.7 Å². The van der Waals surface area contributed by atoms with Gasteiger partial charge in [-0.05, 0) is 141 Å².